The standard InChI is InChI=1S/C28H33N3O2/c1-20(2)22-9-11-23(12-10-22)26-18-25(14-8-21(26)3)33-28(32)30-24-13-15-27(29-19-24)31-16-6-4-5-7-17-31/h8-15,18-20H,4-7,16-17H2,1-3H3,(H,30,32). The van der Waals surface area contributed by atoms with Gasteiger partial charge in [0.1, 0.15) is 11.6 Å². The fourth-order valence-corrected chi connectivity index (χ4v) is 4.22. The molecule has 5 nitrogen and oxygen atoms in total. The first-order valence-corrected chi connectivity index (χ1v) is 11.9. The lowest BCUT2D eigenvalue weighted by Crippen LogP contribution is -2.25. The van der Waals surface area contributed by atoms with Crippen LogP contribution >= 0.6 is 0 Å². The first-order valence-electron chi connectivity index (χ1n) is 11.9. The van der Waals surface area contributed by atoms with Crippen molar-refractivity contribution in [2.75, 3.05) is 23.3 Å². The minimum Gasteiger partial charge on any atom is -0.410 e. The second kappa shape index (κ2) is 10.5. The molecule has 1 aromatic heterocycles. The third-order valence-corrected chi connectivity index (χ3v) is 6.23. The van der Waals surface area contributed by atoms with Gasteiger partial charge < -0.3 is 9.64 Å². The lowest BCUT2D eigenvalue weighted by atomic mass is 9.96. The number of benzene rings is 2. The molecular formula is C28H33N3O2. The van der Waals surface area contributed by atoms with E-state index >= 15 is 0 Å². The van der Waals surface area contributed by atoms with Gasteiger partial charge in [0.2, 0.25) is 0 Å². The third kappa shape index (κ3) is 5.92. The zero-order valence-electron chi connectivity index (χ0n) is 19.8. The van der Waals surface area contributed by atoms with E-state index in [-0.39, 0.29) is 0 Å². The Labute approximate surface area is 196 Å². The molecule has 0 spiro atoms. The van der Waals surface area contributed by atoms with Crippen molar-refractivity contribution in [1.29, 1.82) is 0 Å². The number of aromatic nitrogens is 1. The second-order valence-corrected chi connectivity index (χ2v) is 9.07. The molecule has 3 aromatic rings. The van der Waals surface area contributed by atoms with Gasteiger partial charge in [-0.3, -0.25) is 5.32 Å². The van der Waals surface area contributed by atoms with Gasteiger partial charge >= 0.3 is 6.09 Å². The molecule has 33 heavy (non-hydrogen) atoms. The molecule has 0 radical (unpaired) electrons. The number of pyridine rings is 1. The second-order valence-electron chi connectivity index (χ2n) is 9.07. The number of ether oxygens (including phenoxy) is 1. The van der Waals surface area contributed by atoms with Gasteiger partial charge in [0.25, 0.3) is 0 Å². The van der Waals surface area contributed by atoms with E-state index in [2.05, 4.69) is 60.2 Å². The van der Waals surface area contributed by atoms with E-state index in [1.807, 2.05) is 30.3 Å². The summed E-state index contributed by atoms with van der Waals surface area (Å²) in [6, 6.07) is 18.1. The molecule has 1 fully saturated rings. The van der Waals surface area contributed by atoms with Crippen LogP contribution in [-0.2, 0) is 0 Å². The fraction of sp³-hybridized carbons (Fsp3) is 0.357. The predicted molar refractivity (Wildman–Crippen MR) is 135 cm³/mol. The van der Waals surface area contributed by atoms with Crippen LogP contribution in [0.5, 0.6) is 5.75 Å². The molecule has 0 atom stereocenters. The van der Waals surface area contributed by atoms with Crippen LogP contribution in [0, 0.1) is 6.92 Å². The first kappa shape index (κ1) is 22.8. The maximum Gasteiger partial charge on any atom is 0.417 e. The highest BCUT2D eigenvalue weighted by Crippen LogP contribution is 2.29. The highest BCUT2D eigenvalue weighted by atomic mass is 16.6. The highest BCUT2D eigenvalue weighted by molar-refractivity contribution is 5.86. The molecule has 1 aliphatic heterocycles. The van der Waals surface area contributed by atoms with Gasteiger partial charge in [-0.1, -0.05) is 57.0 Å². The van der Waals surface area contributed by atoms with Crippen LogP contribution < -0.4 is 15.0 Å². The molecule has 0 aliphatic carbocycles. The molecule has 2 heterocycles. The highest BCUT2D eigenvalue weighted by Gasteiger charge is 2.13. The molecule has 5 heteroatoms. The predicted octanol–water partition coefficient (Wildman–Crippen LogP) is 7.17. The van der Waals surface area contributed by atoms with Gasteiger partial charge in [-0.15, -0.1) is 0 Å². The topological polar surface area (TPSA) is 54.5 Å². The Morgan fingerprint density at radius 2 is 1.70 bits per heavy atom. The summed E-state index contributed by atoms with van der Waals surface area (Å²) < 4.78 is 5.57. The fourth-order valence-electron chi connectivity index (χ4n) is 4.22. The number of anilines is 2. The lowest BCUT2D eigenvalue weighted by molar-refractivity contribution is 0.215. The van der Waals surface area contributed by atoms with Crippen molar-refractivity contribution in [3.05, 3.63) is 71.9 Å². The van der Waals surface area contributed by atoms with Crippen molar-refractivity contribution >= 4 is 17.6 Å². The van der Waals surface area contributed by atoms with Crippen molar-refractivity contribution in [3.8, 4) is 16.9 Å². The maximum atomic E-state index is 12.5. The zero-order valence-corrected chi connectivity index (χ0v) is 19.8. The van der Waals surface area contributed by atoms with Crippen molar-refractivity contribution < 1.29 is 9.53 Å². The number of carbonyl (C=O) groups excluding carboxylic acids is 1. The molecule has 4 rings (SSSR count). The normalized spacial score (nSPS) is 14.1. The number of carbonyl (C=O) groups is 1. The minimum absolute atomic E-state index is 0.492. The quantitative estimate of drug-likeness (QED) is 0.454. The summed E-state index contributed by atoms with van der Waals surface area (Å²) >= 11 is 0. The number of nitrogens with zero attached hydrogens (tertiary/aromatic N) is 2. The number of nitrogens with one attached hydrogen (secondary N) is 1. The molecule has 1 N–H and O–H groups in total. The Kier molecular flexibility index (Phi) is 7.28. The SMILES string of the molecule is Cc1ccc(OC(=O)Nc2ccc(N3CCCCCC3)nc2)cc1-c1ccc(C(C)C)cc1. The molecule has 1 aliphatic rings. The maximum absolute atomic E-state index is 12.5. The summed E-state index contributed by atoms with van der Waals surface area (Å²) in [7, 11) is 0. The van der Waals surface area contributed by atoms with E-state index in [9.17, 15) is 4.79 Å². The molecule has 1 amide bonds. The Balaban J connectivity index is 1.40. The molecule has 2 aromatic carbocycles. The number of amides is 1. The van der Waals surface area contributed by atoms with Gasteiger partial charge in [0.05, 0.1) is 11.9 Å². The Morgan fingerprint density at radius 1 is 0.970 bits per heavy atom. The third-order valence-electron chi connectivity index (χ3n) is 6.23. The van der Waals surface area contributed by atoms with E-state index in [1.54, 1.807) is 6.20 Å². The molecular weight excluding hydrogens is 410 g/mol. The van der Waals surface area contributed by atoms with Crippen LogP contribution in [0.4, 0.5) is 16.3 Å². The van der Waals surface area contributed by atoms with Gasteiger partial charge in [-0.25, -0.2) is 9.78 Å². The van der Waals surface area contributed by atoms with E-state index in [1.165, 1.54) is 31.2 Å². The summed E-state index contributed by atoms with van der Waals surface area (Å²) in [5.74, 6) is 1.96. The largest absolute Gasteiger partial charge is 0.417 e. The van der Waals surface area contributed by atoms with Crippen LogP contribution in [0.15, 0.2) is 60.8 Å². The summed E-state index contributed by atoms with van der Waals surface area (Å²) in [6.45, 7) is 8.51. The monoisotopic (exact) mass is 443 g/mol. The van der Waals surface area contributed by atoms with Crippen LogP contribution in [0.25, 0.3) is 11.1 Å². The average molecular weight is 444 g/mol. The summed E-state index contributed by atoms with van der Waals surface area (Å²) in [5, 5.41) is 2.78. The minimum atomic E-state index is -0.524. The molecule has 0 bridgehead atoms. The molecule has 0 unspecified atom stereocenters. The Hall–Kier alpha value is -3.34. The zero-order chi connectivity index (χ0) is 23.2. The summed E-state index contributed by atoms with van der Waals surface area (Å²) in [6.07, 6.45) is 6.14. The number of rotatable bonds is 5. The number of hydrogen-bond acceptors (Lipinski definition) is 4. The molecule has 1 saturated heterocycles. The van der Waals surface area contributed by atoms with Crippen LogP contribution in [0.3, 0.4) is 0 Å². The van der Waals surface area contributed by atoms with E-state index in [0.29, 0.717) is 17.4 Å². The Morgan fingerprint density at radius 3 is 2.33 bits per heavy atom. The number of hydrogen-bond donors (Lipinski definition) is 1. The lowest BCUT2D eigenvalue weighted by Gasteiger charge is -2.21. The van der Waals surface area contributed by atoms with Gasteiger partial charge in [-0.05, 0) is 72.2 Å². The molecule has 0 saturated carbocycles. The number of aryl methyl sites for hydroxylation is 1. The van der Waals surface area contributed by atoms with Crippen molar-refractivity contribution in [3.63, 3.8) is 0 Å². The van der Waals surface area contributed by atoms with Gasteiger partial charge in [0.15, 0.2) is 0 Å². The average Bonchev–Trinajstić information content (AvgIpc) is 3.10. The Bertz CT molecular complexity index is 1070. The van der Waals surface area contributed by atoms with E-state index in [0.717, 1.165) is 35.6 Å². The van der Waals surface area contributed by atoms with Gasteiger partial charge in [-0.2, -0.15) is 0 Å². The van der Waals surface area contributed by atoms with Crippen molar-refractivity contribution in [1.82, 2.24) is 4.98 Å². The first-order chi connectivity index (χ1) is 16.0. The van der Waals surface area contributed by atoms with Gasteiger partial charge in [0, 0.05) is 13.1 Å². The van der Waals surface area contributed by atoms with Crippen molar-refractivity contribution in [2.24, 2.45) is 0 Å². The smallest absolute Gasteiger partial charge is 0.410 e. The van der Waals surface area contributed by atoms with E-state index < -0.39 is 6.09 Å². The van der Waals surface area contributed by atoms with Crippen LogP contribution in [0.1, 0.15) is 56.6 Å². The van der Waals surface area contributed by atoms with Crippen LogP contribution in [0.2, 0.25) is 0 Å². The van der Waals surface area contributed by atoms with Crippen LogP contribution in [-0.4, -0.2) is 24.2 Å². The summed E-state index contributed by atoms with van der Waals surface area (Å²) in [5.41, 5.74) is 5.22. The molecule has 172 valence electrons. The van der Waals surface area contributed by atoms with E-state index in [4.69, 9.17) is 4.74 Å². The summed E-state index contributed by atoms with van der Waals surface area (Å²) in [4.78, 5) is 19.4. The van der Waals surface area contributed by atoms with Crippen molar-refractivity contribution in [2.45, 2.75) is 52.4 Å².